The summed E-state index contributed by atoms with van der Waals surface area (Å²) in [5.41, 5.74) is 0. The Morgan fingerprint density at radius 3 is 1.30 bits per heavy atom. The summed E-state index contributed by atoms with van der Waals surface area (Å²) in [5, 5.41) is 0. The normalized spacial score (nSPS) is 7.40. The highest BCUT2D eigenvalue weighted by Crippen LogP contribution is 1.84. The molecule has 0 amide bonds. The van der Waals surface area contributed by atoms with E-state index in [4.69, 9.17) is 4.79 Å². The summed E-state index contributed by atoms with van der Waals surface area (Å²) >= 11 is 8.80. The van der Waals surface area contributed by atoms with Gasteiger partial charge in [-0.2, -0.15) is 0 Å². The molecule has 0 aliphatic rings. The molecule has 0 saturated carbocycles. The molecule has 3 nitrogen and oxygen atoms in total. The zero-order valence-corrected chi connectivity index (χ0v) is 6.38. The Hall–Kier alpha value is -0.670. The van der Waals surface area contributed by atoms with Crippen LogP contribution in [0.5, 0.6) is 0 Å². The highest BCUT2D eigenvalue weighted by Gasteiger charge is 1.72. The van der Waals surface area contributed by atoms with Crippen molar-refractivity contribution in [3.8, 4) is 0 Å². The summed E-state index contributed by atoms with van der Waals surface area (Å²) in [4.78, 5) is 16.4. The van der Waals surface area contributed by atoms with Crippen molar-refractivity contribution in [3.05, 3.63) is 24.8 Å². The Labute approximate surface area is 68.0 Å². The molecule has 1 heterocycles. The summed E-state index contributed by atoms with van der Waals surface area (Å²) < 4.78 is -0.889. The summed E-state index contributed by atoms with van der Waals surface area (Å²) in [6.07, 6.45) is 6.56. The van der Waals surface area contributed by atoms with E-state index >= 15 is 0 Å². The van der Waals surface area contributed by atoms with Crippen LogP contribution in [0, 0.1) is 0 Å². The van der Waals surface area contributed by atoms with Crippen molar-refractivity contribution < 1.29 is 4.79 Å². The van der Waals surface area contributed by atoms with Gasteiger partial charge in [0.1, 0.15) is 0 Å². The molecule has 5 heteroatoms. The predicted octanol–water partition coefficient (Wildman–Crippen LogP) is 2.06. The Morgan fingerprint density at radius 1 is 1.00 bits per heavy atom. The molecular weight excluding hydrogens is 175 g/mol. The SMILES string of the molecule is O=C(Cl)Cl.c1cnccn1. The van der Waals surface area contributed by atoms with E-state index in [9.17, 15) is 0 Å². The molecule has 0 aliphatic carbocycles. The maximum atomic E-state index is 8.98. The number of carbonyl (C=O) groups is 1. The van der Waals surface area contributed by atoms with Gasteiger partial charge < -0.3 is 0 Å². The molecule has 0 aromatic carbocycles. The lowest BCUT2D eigenvalue weighted by molar-refractivity contribution is 0.275. The van der Waals surface area contributed by atoms with Gasteiger partial charge in [-0.1, -0.05) is 0 Å². The molecule has 1 aromatic heterocycles. The van der Waals surface area contributed by atoms with Crippen LogP contribution in [-0.2, 0) is 0 Å². The Morgan fingerprint density at radius 2 is 1.20 bits per heavy atom. The summed E-state index contributed by atoms with van der Waals surface area (Å²) in [7, 11) is 0. The van der Waals surface area contributed by atoms with E-state index < -0.39 is 4.70 Å². The van der Waals surface area contributed by atoms with Crippen molar-refractivity contribution in [2.24, 2.45) is 0 Å². The van der Waals surface area contributed by atoms with E-state index in [1.165, 1.54) is 0 Å². The second kappa shape index (κ2) is 6.45. The largest absolute Gasteiger partial charge is 0.313 e. The zero-order valence-electron chi connectivity index (χ0n) is 4.87. The van der Waals surface area contributed by atoms with Gasteiger partial charge in [-0.25, -0.2) is 0 Å². The molecule has 54 valence electrons. The molecule has 0 unspecified atom stereocenters. The fourth-order valence-corrected chi connectivity index (χ4v) is 0.253. The average Bonchev–Trinajstić information content (AvgIpc) is 1.90. The second-order valence-corrected chi connectivity index (χ2v) is 2.00. The number of hydrogen-bond acceptors (Lipinski definition) is 3. The first-order chi connectivity index (χ1) is 4.73. The molecule has 0 atom stereocenters. The molecule has 10 heavy (non-hydrogen) atoms. The average molecular weight is 179 g/mol. The molecule has 0 N–H and O–H groups in total. The van der Waals surface area contributed by atoms with Crippen LogP contribution in [0.15, 0.2) is 24.8 Å². The van der Waals surface area contributed by atoms with E-state index in [0.717, 1.165) is 0 Å². The standard InChI is InChI=1S/C4H4N2.CCl2O/c1-2-6-4-3-5-1;2-1(3)4/h1-4H;. The van der Waals surface area contributed by atoms with Crippen LogP contribution in [0.2, 0.25) is 0 Å². The number of nitrogens with zero attached hydrogens (tertiary/aromatic N) is 2. The lowest BCUT2D eigenvalue weighted by Crippen LogP contribution is -1.66. The van der Waals surface area contributed by atoms with Crippen molar-refractivity contribution in [1.82, 2.24) is 9.97 Å². The first-order valence-electron chi connectivity index (χ1n) is 2.28. The highest BCUT2D eigenvalue weighted by molar-refractivity contribution is 6.93. The van der Waals surface area contributed by atoms with Crippen LogP contribution < -0.4 is 0 Å². The fraction of sp³-hybridized carbons (Fsp3) is 0. The number of hydrogen-bond donors (Lipinski definition) is 0. The van der Waals surface area contributed by atoms with Gasteiger partial charge in [0.05, 0.1) is 0 Å². The third-order valence-electron chi connectivity index (χ3n) is 0.478. The van der Waals surface area contributed by atoms with E-state index in [2.05, 4.69) is 33.2 Å². The maximum absolute atomic E-state index is 8.98. The maximum Gasteiger partial charge on any atom is 0.313 e. The molecule has 1 aromatic rings. The van der Waals surface area contributed by atoms with Crippen molar-refractivity contribution in [2.45, 2.75) is 0 Å². The minimum atomic E-state index is -0.889. The third-order valence-corrected chi connectivity index (χ3v) is 0.478. The van der Waals surface area contributed by atoms with E-state index in [-0.39, 0.29) is 0 Å². The zero-order chi connectivity index (χ0) is 7.82. The van der Waals surface area contributed by atoms with Gasteiger partial charge in [0.2, 0.25) is 0 Å². The Bertz CT molecular complexity index is 150. The molecule has 0 radical (unpaired) electrons. The Balaban J connectivity index is 0.000000180. The quantitative estimate of drug-likeness (QED) is 0.572. The number of halogens is 2. The van der Waals surface area contributed by atoms with Crippen molar-refractivity contribution in [1.29, 1.82) is 0 Å². The van der Waals surface area contributed by atoms with Crippen LogP contribution in [0.3, 0.4) is 0 Å². The second-order valence-electron chi connectivity index (χ2n) is 1.12. The first kappa shape index (κ1) is 9.33. The van der Waals surface area contributed by atoms with Gasteiger partial charge in [0.15, 0.2) is 0 Å². The van der Waals surface area contributed by atoms with Gasteiger partial charge in [-0.05, 0) is 23.2 Å². The molecule has 0 saturated heterocycles. The minimum absolute atomic E-state index is 0.889. The first-order valence-corrected chi connectivity index (χ1v) is 3.04. The van der Waals surface area contributed by atoms with Gasteiger partial charge >= 0.3 is 4.70 Å². The Kier molecular flexibility index (Phi) is 6.02. The summed E-state index contributed by atoms with van der Waals surface area (Å²) in [6.45, 7) is 0. The van der Waals surface area contributed by atoms with E-state index in [1.54, 1.807) is 24.8 Å². The highest BCUT2D eigenvalue weighted by atomic mass is 35.5. The lowest BCUT2D eigenvalue weighted by Gasteiger charge is -1.70. The van der Waals surface area contributed by atoms with Gasteiger partial charge in [0, 0.05) is 24.8 Å². The van der Waals surface area contributed by atoms with Crippen molar-refractivity contribution in [3.63, 3.8) is 0 Å². The molecule has 0 fully saturated rings. The molecular formula is C5H4Cl2N2O. The number of carbonyl (C=O) groups excluding carboxylic acids is 1. The van der Waals surface area contributed by atoms with Gasteiger partial charge in [-0.15, -0.1) is 0 Å². The number of rotatable bonds is 0. The lowest BCUT2D eigenvalue weighted by atomic mass is 10.8. The minimum Gasteiger partial charge on any atom is -0.262 e. The molecule has 0 spiro atoms. The smallest absolute Gasteiger partial charge is 0.262 e. The summed E-state index contributed by atoms with van der Waals surface area (Å²) in [6, 6.07) is 0. The van der Waals surface area contributed by atoms with Gasteiger partial charge in [0.25, 0.3) is 0 Å². The topological polar surface area (TPSA) is 42.9 Å². The fourth-order valence-electron chi connectivity index (χ4n) is 0.253. The predicted molar refractivity (Wildman–Crippen MR) is 39.1 cm³/mol. The van der Waals surface area contributed by atoms with Gasteiger partial charge in [-0.3, -0.25) is 14.8 Å². The van der Waals surface area contributed by atoms with Crippen LogP contribution in [0.1, 0.15) is 0 Å². The third kappa shape index (κ3) is 10.3. The van der Waals surface area contributed by atoms with E-state index in [0.29, 0.717) is 0 Å². The van der Waals surface area contributed by atoms with Crippen LogP contribution in [-0.4, -0.2) is 14.7 Å². The van der Waals surface area contributed by atoms with Crippen molar-refractivity contribution in [2.75, 3.05) is 0 Å². The molecule has 0 bridgehead atoms. The van der Waals surface area contributed by atoms with Crippen LogP contribution >= 0.6 is 23.2 Å². The molecule has 0 aliphatic heterocycles. The number of aromatic nitrogens is 2. The van der Waals surface area contributed by atoms with Crippen LogP contribution in [0.25, 0.3) is 0 Å². The van der Waals surface area contributed by atoms with Crippen molar-refractivity contribution >= 4 is 27.9 Å². The van der Waals surface area contributed by atoms with Crippen LogP contribution in [0.4, 0.5) is 4.79 Å². The molecule has 1 rings (SSSR count). The monoisotopic (exact) mass is 178 g/mol. The van der Waals surface area contributed by atoms with E-state index in [1.807, 2.05) is 0 Å². The summed E-state index contributed by atoms with van der Waals surface area (Å²) in [5.74, 6) is 0.